The summed E-state index contributed by atoms with van der Waals surface area (Å²) in [7, 11) is 1.73. The molecule has 24 heavy (non-hydrogen) atoms. The molecule has 2 aliphatic rings. The van der Waals surface area contributed by atoms with Crippen molar-refractivity contribution >= 4 is 11.9 Å². The van der Waals surface area contributed by atoms with E-state index in [1.165, 1.54) is 0 Å². The van der Waals surface area contributed by atoms with Gasteiger partial charge in [-0.1, -0.05) is 43.7 Å². The number of nitrogens with one attached hydrogen (secondary N) is 1. The van der Waals surface area contributed by atoms with Crippen molar-refractivity contribution in [2.24, 2.45) is 5.92 Å². The van der Waals surface area contributed by atoms with Crippen molar-refractivity contribution in [1.29, 1.82) is 0 Å². The average Bonchev–Trinajstić information content (AvgIpc) is 2.87. The molecule has 0 aliphatic carbocycles. The van der Waals surface area contributed by atoms with Crippen molar-refractivity contribution in [3.63, 3.8) is 0 Å². The van der Waals surface area contributed by atoms with Crippen LogP contribution in [0.1, 0.15) is 37.4 Å². The van der Waals surface area contributed by atoms with Crippen molar-refractivity contribution in [2.75, 3.05) is 20.1 Å². The van der Waals surface area contributed by atoms with Crippen LogP contribution in [-0.2, 0) is 4.79 Å². The van der Waals surface area contributed by atoms with Gasteiger partial charge < -0.3 is 10.2 Å². The minimum absolute atomic E-state index is 0.0445. The maximum Gasteiger partial charge on any atom is 0.322 e. The van der Waals surface area contributed by atoms with Crippen LogP contribution in [0.4, 0.5) is 4.79 Å². The van der Waals surface area contributed by atoms with Gasteiger partial charge in [0.25, 0.3) is 5.91 Å². The van der Waals surface area contributed by atoms with E-state index in [4.69, 9.17) is 0 Å². The van der Waals surface area contributed by atoms with Crippen molar-refractivity contribution in [2.45, 2.75) is 33.2 Å². The Morgan fingerprint density at radius 2 is 1.88 bits per heavy atom. The summed E-state index contributed by atoms with van der Waals surface area (Å²) >= 11 is 0. The van der Waals surface area contributed by atoms with Crippen LogP contribution in [-0.4, -0.2) is 41.9 Å². The second kappa shape index (κ2) is 6.30. The molecule has 0 aromatic heterocycles. The smallest absolute Gasteiger partial charge is 0.322 e. The molecule has 1 aromatic carbocycles. The van der Waals surface area contributed by atoms with Gasteiger partial charge >= 0.3 is 6.03 Å². The number of benzene rings is 1. The summed E-state index contributed by atoms with van der Waals surface area (Å²) in [4.78, 5) is 28.7. The molecule has 0 radical (unpaired) electrons. The lowest BCUT2D eigenvalue weighted by Crippen LogP contribution is -2.45. The van der Waals surface area contributed by atoms with E-state index in [2.05, 4.69) is 19.2 Å². The maximum absolute atomic E-state index is 12.9. The van der Waals surface area contributed by atoms with Crippen LogP contribution in [0.5, 0.6) is 0 Å². The summed E-state index contributed by atoms with van der Waals surface area (Å²) in [5.41, 5.74) is 3.65. The van der Waals surface area contributed by atoms with Gasteiger partial charge in [0.05, 0.1) is 23.9 Å². The molecule has 0 saturated heterocycles. The Balaban J connectivity index is 1.92. The average molecular weight is 327 g/mol. The molecule has 1 atom stereocenters. The number of carbonyl (C=O) groups excluding carboxylic acids is 2. The molecule has 3 amide bonds. The first-order valence-corrected chi connectivity index (χ1v) is 8.51. The van der Waals surface area contributed by atoms with Crippen LogP contribution in [0.3, 0.4) is 0 Å². The molecule has 5 nitrogen and oxygen atoms in total. The van der Waals surface area contributed by atoms with Gasteiger partial charge in [-0.25, -0.2) is 4.79 Å². The highest BCUT2D eigenvalue weighted by Gasteiger charge is 2.42. The summed E-state index contributed by atoms with van der Waals surface area (Å²) in [6.07, 6.45) is 0.965. The molecule has 2 heterocycles. The highest BCUT2D eigenvalue weighted by Crippen LogP contribution is 2.35. The normalized spacial score (nSPS) is 20.8. The lowest BCUT2D eigenvalue weighted by atomic mass is 9.95. The fourth-order valence-corrected chi connectivity index (χ4v) is 3.23. The number of aryl methyl sites for hydroxylation is 1. The van der Waals surface area contributed by atoms with Crippen LogP contribution in [0.25, 0.3) is 0 Å². The van der Waals surface area contributed by atoms with Crippen LogP contribution in [0.2, 0.25) is 0 Å². The Labute approximate surface area is 143 Å². The zero-order valence-corrected chi connectivity index (χ0v) is 14.8. The van der Waals surface area contributed by atoms with Crippen LogP contribution < -0.4 is 5.32 Å². The van der Waals surface area contributed by atoms with E-state index in [0.29, 0.717) is 18.0 Å². The van der Waals surface area contributed by atoms with Crippen LogP contribution in [0, 0.1) is 12.8 Å². The fourth-order valence-electron chi connectivity index (χ4n) is 3.23. The molecule has 0 spiro atoms. The molecule has 0 saturated carbocycles. The fraction of sp³-hybridized carbons (Fsp3) is 0.474. The first kappa shape index (κ1) is 16.6. The minimum Gasteiger partial charge on any atom is -0.333 e. The zero-order chi connectivity index (χ0) is 17.4. The second-order valence-electron chi connectivity index (χ2n) is 7.12. The largest absolute Gasteiger partial charge is 0.333 e. The van der Waals surface area contributed by atoms with E-state index in [1.54, 1.807) is 11.9 Å². The lowest BCUT2D eigenvalue weighted by molar-refractivity contribution is -0.125. The molecular formula is C19H25N3O2. The van der Waals surface area contributed by atoms with Crippen LogP contribution in [0.15, 0.2) is 35.5 Å². The predicted molar refractivity (Wildman–Crippen MR) is 93.3 cm³/mol. The van der Waals surface area contributed by atoms with E-state index in [9.17, 15) is 9.59 Å². The Kier molecular flexibility index (Phi) is 4.35. The summed E-state index contributed by atoms with van der Waals surface area (Å²) in [6, 6.07) is 7.48. The van der Waals surface area contributed by atoms with E-state index in [-0.39, 0.29) is 18.0 Å². The quantitative estimate of drug-likeness (QED) is 0.924. The van der Waals surface area contributed by atoms with Gasteiger partial charge in [-0.2, -0.15) is 0 Å². The lowest BCUT2D eigenvalue weighted by Gasteiger charge is -2.31. The molecule has 0 fully saturated rings. The molecule has 1 N–H and O–H groups in total. The van der Waals surface area contributed by atoms with Crippen molar-refractivity contribution < 1.29 is 9.59 Å². The topological polar surface area (TPSA) is 52.7 Å². The highest BCUT2D eigenvalue weighted by atomic mass is 16.2. The molecule has 1 aromatic rings. The van der Waals surface area contributed by atoms with Crippen molar-refractivity contribution in [1.82, 2.24) is 15.1 Å². The third kappa shape index (κ3) is 2.90. The molecule has 0 unspecified atom stereocenters. The summed E-state index contributed by atoms with van der Waals surface area (Å²) in [6.45, 7) is 7.58. The first-order chi connectivity index (χ1) is 11.4. The Morgan fingerprint density at radius 3 is 2.50 bits per heavy atom. The number of likely N-dealkylation sites (N-methyl/N-ethyl adjacent to an activating group) is 1. The third-order valence-electron chi connectivity index (χ3n) is 4.82. The Bertz CT molecular complexity index is 691. The number of nitrogens with zero attached hydrogens (tertiary/aromatic N) is 2. The summed E-state index contributed by atoms with van der Waals surface area (Å²) in [5, 5.41) is 2.97. The molecule has 0 bridgehead atoms. The number of hydrogen-bond donors (Lipinski definition) is 1. The molecule has 5 heteroatoms. The van der Waals surface area contributed by atoms with Gasteiger partial charge in [-0.05, 0) is 24.8 Å². The van der Waals surface area contributed by atoms with Gasteiger partial charge in [0.2, 0.25) is 0 Å². The third-order valence-corrected chi connectivity index (χ3v) is 4.82. The van der Waals surface area contributed by atoms with Gasteiger partial charge in [0.15, 0.2) is 0 Å². The second-order valence-corrected chi connectivity index (χ2v) is 7.12. The van der Waals surface area contributed by atoms with Crippen molar-refractivity contribution in [3.05, 3.63) is 46.7 Å². The van der Waals surface area contributed by atoms with Crippen LogP contribution >= 0.6 is 0 Å². The van der Waals surface area contributed by atoms with E-state index in [0.717, 1.165) is 29.8 Å². The molecule has 128 valence electrons. The Hall–Kier alpha value is -2.30. The minimum atomic E-state index is -0.360. The molecular weight excluding hydrogens is 302 g/mol. The summed E-state index contributed by atoms with van der Waals surface area (Å²) < 4.78 is 0. The standard InChI is InChI=1S/C19H25N3O2/c1-12(2)9-10-22-11-15-16(18(22)23)17(20-19(24)21(15)4)14-7-5-13(3)6-8-14/h5-8,12,17H,9-11H2,1-4H3,(H,20,24)/t17-/m1/s1. The van der Waals surface area contributed by atoms with Crippen molar-refractivity contribution in [3.8, 4) is 0 Å². The zero-order valence-electron chi connectivity index (χ0n) is 14.8. The molecule has 2 aliphatic heterocycles. The summed E-state index contributed by atoms with van der Waals surface area (Å²) in [5.74, 6) is 0.587. The first-order valence-electron chi connectivity index (χ1n) is 8.51. The number of amides is 3. The highest BCUT2D eigenvalue weighted by molar-refractivity contribution is 6.01. The van der Waals surface area contributed by atoms with Gasteiger partial charge in [-0.3, -0.25) is 9.69 Å². The maximum atomic E-state index is 12.9. The predicted octanol–water partition coefficient (Wildman–Crippen LogP) is 2.83. The monoisotopic (exact) mass is 327 g/mol. The van der Waals surface area contributed by atoms with Gasteiger partial charge in [-0.15, -0.1) is 0 Å². The Morgan fingerprint density at radius 1 is 1.21 bits per heavy atom. The van der Waals surface area contributed by atoms with E-state index >= 15 is 0 Å². The van der Waals surface area contributed by atoms with E-state index in [1.807, 2.05) is 36.1 Å². The van der Waals surface area contributed by atoms with Gasteiger partial charge in [0.1, 0.15) is 0 Å². The SMILES string of the molecule is Cc1ccc([C@H]2NC(=O)N(C)C3=C2C(=O)N(CCC(C)C)C3)cc1. The van der Waals surface area contributed by atoms with Gasteiger partial charge in [0, 0.05) is 13.6 Å². The number of carbonyl (C=O) groups is 2. The number of urea groups is 1. The number of hydrogen-bond acceptors (Lipinski definition) is 2. The molecule has 3 rings (SSSR count). The van der Waals surface area contributed by atoms with E-state index < -0.39 is 0 Å². The number of rotatable bonds is 4.